The highest BCUT2D eigenvalue weighted by Gasteiger charge is 2.09. The van der Waals surface area contributed by atoms with Gasteiger partial charge < -0.3 is 9.47 Å². The summed E-state index contributed by atoms with van der Waals surface area (Å²) in [6, 6.07) is 5.42. The third kappa shape index (κ3) is 3.04. The lowest BCUT2D eigenvalue weighted by Gasteiger charge is -2.12. The number of allylic oxidation sites excluding steroid dienone is 2. The zero-order chi connectivity index (χ0) is 12.1. The van der Waals surface area contributed by atoms with Gasteiger partial charge in [0.1, 0.15) is 11.5 Å². The monoisotopic (exact) mass is 238 g/mol. The zero-order valence-electron chi connectivity index (χ0n) is 9.71. The Hall–Kier alpha value is -1.41. The molecule has 0 aromatic heterocycles. The molecule has 0 aliphatic rings. The van der Waals surface area contributed by atoms with Crippen molar-refractivity contribution in [3.8, 4) is 5.75 Å². The minimum Gasteiger partial charge on any atom is -0.497 e. The summed E-state index contributed by atoms with van der Waals surface area (Å²) in [4.78, 5) is 0. The molecule has 0 spiro atoms. The van der Waals surface area contributed by atoms with E-state index in [0.29, 0.717) is 16.5 Å². The van der Waals surface area contributed by atoms with Crippen LogP contribution in [0.1, 0.15) is 19.4 Å². The first kappa shape index (κ1) is 12.7. The second kappa shape index (κ2) is 5.61. The molecule has 1 rings (SSSR count). The second-order valence-corrected chi connectivity index (χ2v) is 3.71. The summed E-state index contributed by atoms with van der Waals surface area (Å²) in [6.45, 7) is 7.38. The number of methoxy groups -OCH3 is 1. The standard InChI is InChI=1S/C13H15ClO2/c1-5-13(16-9(2)3)11-8-10(15-4)6-7-12(11)14/h5-8H,2H2,1,3-4H3/b13-5-. The summed E-state index contributed by atoms with van der Waals surface area (Å²) in [5.74, 6) is 2.03. The van der Waals surface area contributed by atoms with E-state index in [1.165, 1.54) is 0 Å². The van der Waals surface area contributed by atoms with E-state index in [0.717, 1.165) is 11.3 Å². The van der Waals surface area contributed by atoms with Gasteiger partial charge in [-0.25, -0.2) is 0 Å². The fourth-order valence-corrected chi connectivity index (χ4v) is 1.49. The Labute approximate surface area is 101 Å². The quantitative estimate of drug-likeness (QED) is 0.730. The normalized spacial score (nSPS) is 11.1. The van der Waals surface area contributed by atoms with Crippen LogP contribution in [-0.4, -0.2) is 7.11 Å². The van der Waals surface area contributed by atoms with Gasteiger partial charge in [0, 0.05) is 5.56 Å². The average molecular weight is 239 g/mol. The van der Waals surface area contributed by atoms with E-state index in [4.69, 9.17) is 21.1 Å². The topological polar surface area (TPSA) is 18.5 Å². The van der Waals surface area contributed by atoms with Crippen molar-refractivity contribution >= 4 is 17.4 Å². The van der Waals surface area contributed by atoms with Crippen molar-refractivity contribution in [2.75, 3.05) is 7.11 Å². The zero-order valence-corrected chi connectivity index (χ0v) is 10.5. The lowest BCUT2D eigenvalue weighted by Crippen LogP contribution is -1.92. The molecule has 0 heterocycles. The van der Waals surface area contributed by atoms with Crippen molar-refractivity contribution < 1.29 is 9.47 Å². The minimum absolute atomic E-state index is 0.618. The van der Waals surface area contributed by atoms with Crippen molar-refractivity contribution in [2.24, 2.45) is 0 Å². The molecule has 1 aromatic carbocycles. The predicted molar refractivity (Wildman–Crippen MR) is 67.6 cm³/mol. The van der Waals surface area contributed by atoms with Crippen molar-refractivity contribution in [3.63, 3.8) is 0 Å². The summed E-state index contributed by atoms with van der Waals surface area (Å²) in [6.07, 6.45) is 1.84. The highest BCUT2D eigenvalue weighted by atomic mass is 35.5. The molecule has 3 heteroatoms. The highest BCUT2D eigenvalue weighted by Crippen LogP contribution is 2.29. The highest BCUT2D eigenvalue weighted by molar-refractivity contribution is 6.32. The molecule has 0 amide bonds. The molecule has 0 fully saturated rings. The summed E-state index contributed by atoms with van der Waals surface area (Å²) in [5.41, 5.74) is 0.798. The third-order valence-corrected chi connectivity index (χ3v) is 2.31. The van der Waals surface area contributed by atoms with E-state index in [-0.39, 0.29) is 0 Å². The molecule has 0 bridgehead atoms. The lowest BCUT2D eigenvalue weighted by molar-refractivity contribution is 0.385. The molecule has 0 aliphatic carbocycles. The van der Waals surface area contributed by atoms with Crippen LogP contribution in [0.3, 0.4) is 0 Å². The van der Waals surface area contributed by atoms with E-state index in [9.17, 15) is 0 Å². The number of benzene rings is 1. The van der Waals surface area contributed by atoms with E-state index in [2.05, 4.69) is 6.58 Å². The Morgan fingerprint density at radius 1 is 1.44 bits per heavy atom. The van der Waals surface area contributed by atoms with Crippen LogP contribution in [0.25, 0.3) is 5.76 Å². The predicted octanol–water partition coefficient (Wildman–Crippen LogP) is 4.26. The molecular formula is C13H15ClO2. The SMILES string of the molecule is C=C(C)O/C(=C\C)c1cc(OC)ccc1Cl. The Bertz CT molecular complexity index is 422. The van der Waals surface area contributed by atoms with Crippen LogP contribution in [0.5, 0.6) is 5.75 Å². The molecule has 0 N–H and O–H groups in total. The molecule has 86 valence electrons. The van der Waals surface area contributed by atoms with E-state index < -0.39 is 0 Å². The van der Waals surface area contributed by atoms with Gasteiger partial charge in [-0.15, -0.1) is 0 Å². The maximum atomic E-state index is 6.10. The summed E-state index contributed by atoms with van der Waals surface area (Å²) in [7, 11) is 1.61. The molecule has 0 atom stereocenters. The first-order valence-electron chi connectivity index (χ1n) is 4.92. The molecule has 0 radical (unpaired) electrons. The number of hydrogen-bond acceptors (Lipinski definition) is 2. The Morgan fingerprint density at radius 2 is 2.12 bits per heavy atom. The Kier molecular flexibility index (Phi) is 4.44. The number of ether oxygens (including phenoxy) is 2. The first-order valence-corrected chi connectivity index (χ1v) is 5.30. The van der Waals surface area contributed by atoms with Gasteiger partial charge in [0.15, 0.2) is 0 Å². The number of hydrogen-bond donors (Lipinski definition) is 0. The van der Waals surface area contributed by atoms with Crippen LogP contribution in [0.2, 0.25) is 5.02 Å². The van der Waals surface area contributed by atoms with Crippen LogP contribution >= 0.6 is 11.6 Å². The van der Waals surface area contributed by atoms with Crippen LogP contribution in [-0.2, 0) is 4.74 Å². The smallest absolute Gasteiger partial charge is 0.131 e. The van der Waals surface area contributed by atoms with Crippen LogP contribution in [0.15, 0.2) is 36.6 Å². The Morgan fingerprint density at radius 3 is 2.62 bits per heavy atom. The largest absolute Gasteiger partial charge is 0.497 e. The van der Waals surface area contributed by atoms with E-state index >= 15 is 0 Å². The van der Waals surface area contributed by atoms with Gasteiger partial charge in [0.05, 0.1) is 17.9 Å². The lowest BCUT2D eigenvalue weighted by atomic mass is 10.1. The van der Waals surface area contributed by atoms with Gasteiger partial charge in [-0.1, -0.05) is 18.2 Å². The fraction of sp³-hybridized carbons (Fsp3) is 0.231. The van der Waals surface area contributed by atoms with Gasteiger partial charge in [0.2, 0.25) is 0 Å². The van der Waals surface area contributed by atoms with Gasteiger partial charge in [0.25, 0.3) is 0 Å². The number of halogens is 1. The summed E-state index contributed by atoms with van der Waals surface area (Å²) < 4.78 is 10.6. The molecule has 1 aromatic rings. The molecule has 16 heavy (non-hydrogen) atoms. The van der Waals surface area contributed by atoms with Crippen LogP contribution in [0.4, 0.5) is 0 Å². The van der Waals surface area contributed by atoms with E-state index in [1.807, 2.05) is 19.1 Å². The maximum absolute atomic E-state index is 6.10. The molecule has 0 aliphatic heterocycles. The van der Waals surface area contributed by atoms with Gasteiger partial charge >= 0.3 is 0 Å². The molecule has 2 nitrogen and oxygen atoms in total. The Balaban J connectivity index is 3.13. The van der Waals surface area contributed by atoms with Crippen LogP contribution < -0.4 is 4.74 Å². The minimum atomic E-state index is 0.618. The summed E-state index contributed by atoms with van der Waals surface area (Å²) in [5, 5.41) is 0.621. The molecule has 0 unspecified atom stereocenters. The fourth-order valence-electron chi connectivity index (χ4n) is 1.28. The maximum Gasteiger partial charge on any atom is 0.131 e. The van der Waals surface area contributed by atoms with Gasteiger partial charge in [-0.2, -0.15) is 0 Å². The third-order valence-electron chi connectivity index (χ3n) is 1.99. The molecule has 0 saturated carbocycles. The first-order chi connectivity index (χ1) is 7.58. The summed E-state index contributed by atoms with van der Waals surface area (Å²) >= 11 is 6.10. The van der Waals surface area contributed by atoms with Crippen molar-refractivity contribution in [3.05, 3.63) is 47.2 Å². The van der Waals surface area contributed by atoms with Gasteiger partial charge in [-0.05, 0) is 38.1 Å². The van der Waals surface area contributed by atoms with Crippen molar-refractivity contribution in [1.82, 2.24) is 0 Å². The number of rotatable bonds is 4. The molecular weight excluding hydrogens is 224 g/mol. The van der Waals surface area contributed by atoms with E-state index in [1.54, 1.807) is 26.2 Å². The van der Waals surface area contributed by atoms with Gasteiger partial charge in [-0.3, -0.25) is 0 Å². The van der Waals surface area contributed by atoms with Crippen LogP contribution in [0, 0.1) is 0 Å². The average Bonchev–Trinajstić information content (AvgIpc) is 2.26. The van der Waals surface area contributed by atoms with Crippen molar-refractivity contribution in [1.29, 1.82) is 0 Å². The second-order valence-electron chi connectivity index (χ2n) is 3.30. The molecule has 0 saturated heterocycles. The van der Waals surface area contributed by atoms with Crippen molar-refractivity contribution in [2.45, 2.75) is 13.8 Å².